The Kier molecular flexibility index (Phi) is 4.53. The molecule has 1 N–H and O–H groups in total. The molecule has 104 valence electrons. The van der Waals surface area contributed by atoms with Gasteiger partial charge < -0.3 is 14.1 Å². The molecule has 0 aliphatic carbocycles. The zero-order valence-electron chi connectivity index (χ0n) is 11.2. The fraction of sp³-hybridized carbons (Fsp3) is 0.133. The standard InChI is InChI=1S/C15H15NO3S/c1-16(20-14-6-4-3-5-7-14)12-8-11(15(17)18)9-13(10-12)19-2/h3-10H,1-2H3,(H,17,18). The van der Waals surface area contributed by atoms with E-state index in [1.54, 1.807) is 6.07 Å². The summed E-state index contributed by atoms with van der Waals surface area (Å²) in [7, 11) is 3.41. The Hall–Kier alpha value is -2.14. The number of methoxy groups -OCH3 is 1. The highest BCUT2D eigenvalue weighted by Gasteiger charge is 2.11. The highest BCUT2D eigenvalue weighted by molar-refractivity contribution is 8.00. The van der Waals surface area contributed by atoms with E-state index in [9.17, 15) is 4.79 Å². The first-order chi connectivity index (χ1) is 9.60. The van der Waals surface area contributed by atoms with Gasteiger partial charge in [0.2, 0.25) is 0 Å². The quantitative estimate of drug-likeness (QED) is 0.853. The van der Waals surface area contributed by atoms with Gasteiger partial charge in [0.1, 0.15) is 5.75 Å². The van der Waals surface area contributed by atoms with Gasteiger partial charge >= 0.3 is 5.97 Å². The van der Waals surface area contributed by atoms with Crippen molar-refractivity contribution in [3.05, 3.63) is 54.1 Å². The van der Waals surface area contributed by atoms with Crippen LogP contribution in [0.25, 0.3) is 0 Å². The van der Waals surface area contributed by atoms with Gasteiger partial charge in [0.15, 0.2) is 0 Å². The lowest BCUT2D eigenvalue weighted by Gasteiger charge is -2.19. The molecule has 0 unspecified atom stereocenters. The van der Waals surface area contributed by atoms with Crippen molar-refractivity contribution in [3.8, 4) is 5.75 Å². The summed E-state index contributed by atoms with van der Waals surface area (Å²) in [4.78, 5) is 12.2. The van der Waals surface area contributed by atoms with Crippen molar-refractivity contribution >= 4 is 23.6 Å². The van der Waals surface area contributed by atoms with E-state index >= 15 is 0 Å². The van der Waals surface area contributed by atoms with E-state index in [1.165, 1.54) is 25.1 Å². The molecular weight excluding hydrogens is 274 g/mol. The van der Waals surface area contributed by atoms with Gasteiger partial charge in [0, 0.05) is 18.0 Å². The second-order valence-electron chi connectivity index (χ2n) is 4.13. The lowest BCUT2D eigenvalue weighted by molar-refractivity contribution is 0.0696. The third-order valence-electron chi connectivity index (χ3n) is 2.72. The van der Waals surface area contributed by atoms with E-state index in [-0.39, 0.29) is 5.56 Å². The summed E-state index contributed by atoms with van der Waals surface area (Å²) in [5.74, 6) is -0.441. The van der Waals surface area contributed by atoms with Crippen molar-refractivity contribution in [1.29, 1.82) is 0 Å². The van der Waals surface area contributed by atoms with Crippen LogP contribution in [0.15, 0.2) is 53.4 Å². The molecule has 0 saturated heterocycles. The molecule has 0 amide bonds. The normalized spacial score (nSPS) is 10.1. The second kappa shape index (κ2) is 6.34. The van der Waals surface area contributed by atoms with E-state index in [0.717, 1.165) is 10.6 Å². The van der Waals surface area contributed by atoms with Crippen molar-refractivity contribution in [1.82, 2.24) is 0 Å². The van der Waals surface area contributed by atoms with E-state index in [2.05, 4.69) is 0 Å². The van der Waals surface area contributed by atoms with Crippen molar-refractivity contribution < 1.29 is 14.6 Å². The van der Waals surface area contributed by atoms with Gasteiger partial charge in [-0.25, -0.2) is 4.79 Å². The maximum Gasteiger partial charge on any atom is 0.335 e. The minimum atomic E-state index is -0.969. The number of carbonyl (C=O) groups is 1. The first-order valence-corrected chi connectivity index (χ1v) is 6.76. The number of rotatable bonds is 5. The number of hydrogen-bond donors (Lipinski definition) is 1. The molecule has 0 radical (unpaired) electrons. The first kappa shape index (κ1) is 14.3. The Morgan fingerprint density at radius 2 is 1.90 bits per heavy atom. The summed E-state index contributed by atoms with van der Waals surface area (Å²) >= 11 is 1.52. The van der Waals surface area contributed by atoms with Gasteiger partial charge in [-0.2, -0.15) is 0 Å². The number of carboxylic acids is 1. The van der Waals surface area contributed by atoms with Gasteiger partial charge in [-0.05, 0) is 36.2 Å². The molecule has 0 saturated carbocycles. The lowest BCUT2D eigenvalue weighted by atomic mass is 10.2. The number of aromatic carboxylic acids is 1. The topological polar surface area (TPSA) is 49.8 Å². The van der Waals surface area contributed by atoms with Crippen LogP contribution < -0.4 is 9.04 Å². The molecule has 20 heavy (non-hydrogen) atoms. The molecule has 0 fully saturated rings. The molecule has 2 rings (SSSR count). The number of hydrogen-bond acceptors (Lipinski definition) is 4. The van der Waals surface area contributed by atoms with Crippen molar-refractivity contribution in [3.63, 3.8) is 0 Å². The monoisotopic (exact) mass is 289 g/mol. The van der Waals surface area contributed by atoms with Crippen molar-refractivity contribution in [2.24, 2.45) is 0 Å². The van der Waals surface area contributed by atoms with Gasteiger partial charge in [-0.1, -0.05) is 18.2 Å². The highest BCUT2D eigenvalue weighted by Crippen LogP contribution is 2.30. The number of nitrogens with zero attached hydrogens (tertiary/aromatic N) is 1. The first-order valence-electron chi connectivity index (χ1n) is 5.99. The number of ether oxygens (including phenoxy) is 1. The lowest BCUT2D eigenvalue weighted by Crippen LogP contribution is -2.08. The molecular formula is C15H15NO3S. The van der Waals surface area contributed by atoms with Gasteiger partial charge in [0.05, 0.1) is 18.4 Å². The molecule has 0 heterocycles. The Morgan fingerprint density at radius 3 is 2.50 bits per heavy atom. The molecule has 4 nitrogen and oxygen atoms in total. The number of carboxylic acid groups (broad SMARTS) is 1. The largest absolute Gasteiger partial charge is 0.497 e. The van der Waals surface area contributed by atoms with Crippen molar-refractivity contribution in [2.45, 2.75) is 4.90 Å². The van der Waals surface area contributed by atoms with Gasteiger partial charge in [-0.3, -0.25) is 0 Å². The van der Waals surface area contributed by atoms with Gasteiger partial charge in [0.25, 0.3) is 0 Å². The summed E-state index contributed by atoms with van der Waals surface area (Å²) in [5.41, 5.74) is 0.982. The second-order valence-corrected chi connectivity index (χ2v) is 5.33. The van der Waals surface area contributed by atoms with Crippen LogP contribution in [-0.4, -0.2) is 25.2 Å². The molecule has 0 aliphatic rings. The molecule has 0 bridgehead atoms. The minimum absolute atomic E-state index is 0.208. The molecule has 0 spiro atoms. The Balaban J connectivity index is 2.27. The molecule has 5 heteroatoms. The summed E-state index contributed by atoms with van der Waals surface area (Å²) < 4.78 is 7.05. The summed E-state index contributed by atoms with van der Waals surface area (Å²) in [6.45, 7) is 0. The number of benzene rings is 2. The molecule has 2 aromatic rings. The third kappa shape index (κ3) is 3.45. The van der Waals surface area contributed by atoms with Gasteiger partial charge in [-0.15, -0.1) is 0 Å². The zero-order valence-corrected chi connectivity index (χ0v) is 12.1. The highest BCUT2D eigenvalue weighted by atomic mass is 32.2. The average molecular weight is 289 g/mol. The van der Waals surface area contributed by atoms with Crippen LogP contribution in [-0.2, 0) is 0 Å². The summed E-state index contributed by atoms with van der Waals surface area (Å²) in [5, 5.41) is 9.12. The van der Waals surface area contributed by atoms with Crippen LogP contribution in [0, 0.1) is 0 Å². The fourth-order valence-electron chi connectivity index (χ4n) is 1.70. The smallest absolute Gasteiger partial charge is 0.335 e. The van der Waals surface area contributed by atoms with E-state index in [0.29, 0.717) is 5.75 Å². The molecule has 0 aromatic heterocycles. The van der Waals surface area contributed by atoms with Crippen LogP contribution in [0.3, 0.4) is 0 Å². The predicted octanol–water partition coefficient (Wildman–Crippen LogP) is 3.54. The third-order valence-corrected chi connectivity index (χ3v) is 3.69. The SMILES string of the molecule is COc1cc(C(=O)O)cc(N(C)Sc2ccccc2)c1. The maximum absolute atomic E-state index is 11.1. The zero-order chi connectivity index (χ0) is 14.5. The predicted molar refractivity (Wildman–Crippen MR) is 80.7 cm³/mol. The molecule has 2 aromatic carbocycles. The summed E-state index contributed by atoms with van der Waals surface area (Å²) in [6, 6.07) is 14.8. The fourth-order valence-corrected chi connectivity index (χ4v) is 2.50. The Morgan fingerprint density at radius 1 is 1.20 bits per heavy atom. The van der Waals surface area contributed by atoms with E-state index < -0.39 is 5.97 Å². The Labute approximate surface area is 122 Å². The van der Waals surface area contributed by atoms with Crippen LogP contribution in [0.4, 0.5) is 5.69 Å². The average Bonchev–Trinajstić information content (AvgIpc) is 2.47. The van der Waals surface area contributed by atoms with E-state index in [4.69, 9.17) is 9.84 Å². The van der Waals surface area contributed by atoms with Crippen LogP contribution in [0.5, 0.6) is 5.75 Å². The van der Waals surface area contributed by atoms with Crippen LogP contribution in [0.2, 0.25) is 0 Å². The number of anilines is 1. The van der Waals surface area contributed by atoms with Crippen LogP contribution >= 0.6 is 11.9 Å². The minimum Gasteiger partial charge on any atom is -0.497 e. The Bertz CT molecular complexity index is 601. The summed E-state index contributed by atoms with van der Waals surface area (Å²) in [6.07, 6.45) is 0. The van der Waals surface area contributed by atoms with E-state index in [1.807, 2.05) is 47.8 Å². The van der Waals surface area contributed by atoms with Crippen molar-refractivity contribution in [2.75, 3.05) is 18.5 Å². The van der Waals surface area contributed by atoms with Crippen LogP contribution in [0.1, 0.15) is 10.4 Å². The maximum atomic E-state index is 11.1. The molecule has 0 aliphatic heterocycles. The molecule has 0 atom stereocenters.